The van der Waals surface area contributed by atoms with Crippen LogP contribution in [0.3, 0.4) is 0 Å². The van der Waals surface area contributed by atoms with E-state index in [-0.39, 0.29) is 24.6 Å². The van der Waals surface area contributed by atoms with Gasteiger partial charge in [0.05, 0.1) is 12.2 Å². The molecule has 0 saturated heterocycles. The van der Waals surface area contributed by atoms with Crippen LogP contribution in [0.15, 0.2) is 53.3 Å². The van der Waals surface area contributed by atoms with Crippen molar-refractivity contribution in [1.29, 1.82) is 0 Å². The van der Waals surface area contributed by atoms with Gasteiger partial charge in [-0.1, -0.05) is 75.2 Å². The van der Waals surface area contributed by atoms with Crippen LogP contribution < -0.4 is 5.69 Å². The molecular weight excluding hydrogens is 459 g/mol. The molecule has 1 N–H and O–H groups in total. The maximum absolute atomic E-state index is 14.1. The van der Waals surface area contributed by atoms with Crippen molar-refractivity contribution in [2.24, 2.45) is 0 Å². The van der Waals surface area contributed by atoms with Crippen LogP contribution in [0.5, 0.6) is 0 Å². The van der Waals surface area contributed by atoms with Gasteiger partial charge in [0.1, 0.15) is 6.67 Å². The van der Waals surface area contributed by atoms with Gasteiger partial charge in [-0.3, -0.25) is 9.36 Å². The number of nitrogens with one attached hydrogen (secondary N) is 1. The number of halogens is 1. The standard InChI is InChI=1S/C27H31FN6O2/c1-3-5-11-23-24(17-28)34(25(35)12-6-4-2)27(36)33(23)18-19-13-15-20(16-14-19)21-9-7-8-10-22(21)26-29-31-32-30-26/h7-10,13-16H,3-6,11-12,17-18H2,1-2H3,(H,29,30,31,32). The molecule has 188 valence electrons. The fraction of sp³-hybridized carbons (Fsp3) is 0.370. The second-order valence-corrected chi connectivity index (χ2v) is 8.81. The van der Waals surface area contributed by atoms with E-state index in [2.05, 4.69) is 20.6 Å². The summed E-state index contributed by atoms with van der Waals surface area (Å²) in [6.07, 6.45) is 4.00. The van der Waals surface area contributed by atoms with Crippen molar-refractivity contribution in [3.05, 3.63) is 76.0 Å². The van der Waals surface area contributed by atoms with Crippen LogP contribution in [0.25, 0.3) is 22.5 Å². The Balaban J connectivity index is 1.68. The second-order valence-electron chi connectivity index (χ2n) is 8.81. The van der Waals surface area contributed by atoms with Gasteiger partial charge in [-0.05, 0) is 41.2 Å². The van der Waals surface area contributed by atoms with E-state index in [0.29, 0.717) is 24.4 Å². The molecule has 0 amide bonds. The Hall–Kier alpha value is -3.88. The Morgan fingerprint density at radius 1 is 0.972 bits per heavy atom. The van der Waals surface area contributed by atoms with Gasteiger partial charge in [-0.15, -0.1) is 10.2 Å². The first kappa shape index (κ1) is 25.2. The number of carbonyl (C=O) groups is 1. The summed E-state index contributed by atoms with van der Waals surface area (Å²) in [6.45, 7) is 3.46. The number of hydrogen-bond acceptors (Lipinski definition) is 5. The van der Waals surface area contributed by atoms with Crippen LogP contribution in [-0.4, -0.2) is 35.7 Å². The molecule has 0 radical (unpaired) electrons. The van der Waals surface area contributed by atoms with Crippen LogP contribution in [0, 0.1) is 0 Å². The highest BCUT2D eigenvalue weighted by molar-refractivity contribution is 5.80. The highest BCUT2D eigenvalue weighted by Crippen LogP contribution is 2.30. The van der Waals surface area contributed by atoms with E-state index in [1.54, 1.807) is 4.57 Å². The molecule has 2 heterocycles. The third-order valence-corrected chi connectivity index (χ3v) is 6.36. The monoisotopic (exact) mass is 490 g/mol. The van der Waals surface area contributed by atoms with Gasteiger partial charge < -0.3 is 0 Å². The Bertz CT molecular complexity index is 1360. The number of H-pyrrole nitrogens is 1. The molecule has 0 aliphatic heterocycles. The molecule has 0 atom stereocenters. The van der Waals surface area contributed by atoms with E-state index in [1.165, 1.54) is 0 Å². The maximum atomic E-state index is 14.1. The van der Waals surface area contributed by atoms with Gasteiger partial charge in [0.25, 0.3) is 0 Å². The third-order valence-electron chi connectivity index (χ3n) is 6.36. The summed E-state index contributed by atoms with van der Waals surface area (Å²) in [4.78, 5) is 26.1. The zero-order chi connectivity index (χ0) is 25.5. The molecule has 0 unspecified atom stereocenters. The normalized spacial score (nSPS) is 11.2. The Labute approximate surface area is 209 Å². The van der Waals surface area contributed by atoms with E-state index in [4.69, 9.17) is 0 Å². The third kappa shape index (κ3) is 5.19. The average molecular weight is 491 g/mol. The summed E-state index contributed by atoms with van der Waals surface area (Å²) in [7, 11) is 0. The van der Waals surface area contributed by atoms with E-state index >= 15 is 0 Å². The highest BCUT2D eigenvalue weighted by Gasteiger charge is 2.23. The van der Waals surface area contributed by atoms with Crippen molar-refractivity contribution in [1.82, 2.24) is 29.8 Å². The number of aromatic nitrogens is 6. The first-order valence-corrected chi connectivity index (χ1v) is 12.4. The lowest BCUT2D eigenvalue weighted by molar-refractivity contribution is 0.0889. The SMILES string of the molecule is CCCCC(=O)n1c(CF)c(CCCC)n(Cc2ccc(-c3ccccc3-c3nn[nH]n3)cc2)c1=O. The molecule has 0 spiro atoms. The molecule has 4 aromatic rings. The lowest BCUT2D eigenvalue weighted by Gasteiger charge is -2.10. The number of benzene rings is 2. The number of rotatable bonds is 11. The first-order valence-electron chi connectivity index (χ1n) is 12.4. The van der Waals surface area contributed by atoms with Gasteiger partial charge in [-0.25, -0.2) is 13.8 Å². The quantitative estimate of drug-likeness (QED) is 0.312. The number of nitrogens with zero attached hydrogens (tertiary/aromatic N) is 5. The predicted octanol–water partition coefficient (Wildman–Crippen LogP) is 5.19. The molecule has 0 aliphatic rings. The molecule has 2 aromatic carbocycles. The number of carbonyl (C=O) groups excluding carboxylic acids is 1. The number of alkyl halides is 1. The summed E-state index contributed by atoms with van der Waals surface area (Å²) in [5, 5.41) is 14.3. The summed E-state index contributed by atoms with van der Waals surface area (Å²) >= 11 is 0. The molecule has 36 heavy (non-hydrogen) atoms. The Morgan fingerprint density at radius 2 is 1.69 bits per heavy atom. The van der Waals surface area contributed by atoms with Gasteiger partial charge >= 0.3 is 5.69 Å². The van der Waals surface area contributed by atoms with E-state index < -0.39 is 12.4 Å². The summed E-state index contributed by atoms with van der Waals surface area (Å²) in [5.41, 5.74) is 4.02. The molecule has 0 bridgehead atoms. The molecule has 0 saturated carbocycles. The Morgan fingerprint density at radius 3 is 2.33 bits per heavy atom. The average Bonchev–Trinajstić information content (AvgIpc) is 3.53. The van der Waals surface area contributed by atoms with E-state index in [1.807, 2.05) is 62.4 Å². The van der Waals surface area contributed by atoms with Crippen molar-refractivity contribution < 1.29 is 9.18 Å². The number of hydrogen-bond donors (Lipinski definition) is 1. The summed E-state index contributed by atoms with van der Waals surface area (Å²) in [5.74, 6) is 0.175. The largest absolute Gasteiger partial charge is 0.335 e. The minimum absolute atomic E-state index is 0.195. The predicted molar refractivity (Wildman–Crippen MR) is 136 cm³/mol. The van der Waals surface area contributed by atoms with Crippen LogP contribution in [0.4, 0.5) is 4.39 Å². The van der Waals surface area contributed by atoms with E-state index in [0.717, 1.165) is 46.1 Å². The van der Waals surface area contributed by atoms with Gasteiger partial charge in [0.15, 0.2) is 0 Å². The molecule has 2 aromatic heterocycles. The molecule has 0 fully saturated rings. The maximum Gasteiger partial charge on any atom is 0.335 e. The lowest BCUT2D eigenvalue weighted by Crippen LogP contribution is -2.30. The topological polar surface area (TPSA) is 98.5 Å². The molecular formula is C27H31FN6O2. The van der Waals surface area contributed by atoms with Gasteiger partial charge in [0, 0.05) is 17.7 Å². The fourth-order valence-electron chi connectivity index (χ4n) is 4.43. The van der Waals surface area contributed by atoms with Crippen LogP contribution in [0.1, 0.15) is 67.7 Å². The number of imidazole rings is 1. The van der Waals surface area contributed by atoms with Gasteiger partial charge in [0.2, 0.25) is 11.7 Å². The smallest absolute Gasteiger partial charge is 0.291 e. The van der Waals surface area contributed by atoms with E-state index in [9.17, 15) is 14.0 Å². The molecule has 4 rings (SSSR count). The number of unbranched alkanes of at least 4 members (excludes halogenated alkanes) is 2. The zero-order valence-electron chi connectivity index (χ0n) is 20.7. The second kappa shape index (κ2) is 11.7. The van der Waals surface area contributed by atoms with Crippen molar-refractivity contribution in [3.8, 4) is 22.5 Å². The zero-order valence-corrected chi connectivity index (χ0v) is 20.7. The van der Waals surface area contributed by atoms with Crippen LogP contribution in [-0.2, 0) is 19.6 Å². The fourth-order valence-corrected chi connectivity index (χ4v) is 4.43. The van der Waals surface area contributed by atoms with Crippen molar-refractivity contribution in [2.45, 2.75) is 65.6 Å². The van der Waals surface area contributed by atoms with Gasteiger partial charge in [-0.2, -0.15) is 5.21 Å². The number of tetrazole rings is 1. The first-order chi connectivity index (χ1) is 17.6. The number of aromatic amines is 1. The highest BCUT2D eigenvalue weighted by atomic mass is 19.1. The minimum atomic E-state index is -0.842. The Kier molecular flexibility index (Phi) is 8.20. The van der Waals surface area contributed by atoms with Crippen LogP contribution in [0.2, 0.25) is 0 Å². The van der Waals surface area contributed by atoms with Crippen molar-refractivity contribution in [3.63, 3.8) is 0 Å². The molecule has 8 nitrogen and oxygen atoms in total. The molecule has 9 heteroatoms. The lowest BCUT2D eigenvalue weighted by atomic mass is 9.98. The summed E-state index contributed by atoms with van der Waals surface area (Å²) < 4.78 is 16.8. The minimum Gasteiger partial charge on any atom is -0.291 e. The van der Waals surface area contributed by atoms with Crippen molar-refractivity contribution >= 4 is 5.91 Å². The summed E-state index contributed by atoms with van der Waals surface area (Å²) in [6, 6.07) is 15.6. The molecule has 0 aliphatic carbocycles. The van der Waals surface area contributed by atoms with Crippen molar-refractivity contribution in [2.75, 3.05) is 0 Å². The van der Waals surface area contributed by atoms with Crippen LogP contribution >= 0.6 is 0 Å².